The maximum absolute atomic E-state index is 12.2. The summed E-state index contributed by atoms with van der Waals surface area (Å²) in [6.07, 6.45) is 3.97. The van der Waals surface area contributed by atoms with Crippen LogP contribution in [0.3, 0.4) is 0 Å². The van der Waals surface area contributed by atoms with Gasteiger partial charge in [0.25, 0.3) is 0 Å². The molecule has 0 saturated heterocycles. The predicted molar refractivity (Wildman–Crippen MR) is 79.9 cm³/mol. The molecule has 0 amide bonds. The van der Waals surface area contributed by atoms with Crippen molar-refractivity contribution in [1.82, 2.24) is 4.90 Å². The molecule has 1 aliphatic carbocycles. The van der Waals surface area contributed by atoms with Gasteiger partial charge in [-0.15, -0.1) is 0 Å². The molecular formula is C15H20BrNO2. The number of rotatable bonds is 6. The predicted octanol–water partition coefficient (Wildman–Crippen LogP) is 3.37. The summed E-state index contributed by atoms with van der Waals surface area (Å²) in [5.41, 5.74) is 0.730. The Kier molecular flexibility index (Phi) is 4.99. The van der Waals surface area contributed by atoms with E-state index in [1.165, 1.54) is 19.3 Å². The van der Waals surface area contributed by atoms with Crippen LogP contribution in [-0.4, -0.2) is 37.9 Å². The fourth-order valence-electron chi connectivity index (χ4n) is 2.36. The van der Waals surface area contributed by atoms with Crippen molar-refractivity contribution >= 4 is 21.7 Å². The normalized spacial score (nSPS) is 15.4. The largest absolute Gasteiger partial charge is 0.496 e. The lowest BCUT2D eigenvalue weighted by atomic mass is 9.85. The number of likely N-dealkylation sites (N-methyl/N-ethyl adjacent to an activating group) is 1. The second-order valence-electron chi connectivity index (χ2n) is 5.27. The monoisotopic (exact) mass is 325 g/mol. The topological polar surface area (TPSA) is 29.5 Å². The van der Waals surface area contributed by atoms with Crippen LogP contribution in [0, 0.1) is 5.92 Å². The van der Waals surface area contributed by atoms with E-state index in [-0.39, 0.29) is 5.78 Å². The second-order valence-corrected chi connectivity index (χ2v) is 6.12. The molecular weight excluding hydrogens is 306 g/mol. The Bertz CT molecular complexity index is 457. The Labute approximate surface area is 123 Å². The first-order valence-electron chi connectivity index (χ1n) is 6.65. The molecule has 19 heavy (non-hydrogen) atoms. The van der Waals surface area contributed by atoms with Crippen LogP contribution < -0.4 is 4.74 Å². The summed E-state index contributed by atoms with van der Waals surface area (Å²) < 4.78 is 5.99. The maximum Gasteiger partial charge on any atom is 0.176 e. The van der Waals surface area contributed by atoms with Gasteiger partial charge in [0.1, 0.15) is 5.75 Å². The maximum atomic E-state index is 12.2. The van der Waals surface area contributed by atoms with Crippen LogP contribution in [-0.2, 0) is 0 Å². The van der Waals surface area contributed by atoms with Gasteiger partial charge in [-0.3, -0.25) is 9.69 Å². The fraction of sp³-hybridized carbons (Fsp3) is 0.533. The van der Waals surface area contributed by atoms with Crippen LogP contribution in [0.5, 0.6) is 5.75 Å². The smallest absolute Gasteiger partial charge is 0.176 e. The Balaban J connectivity index is 1.93. The number of nitrogens with zero attached hydrogens (tertiary/aromatic N) is 1. The van der Waals surface area contributed by atoms with Crippen molar-refractivity contribution in [3.8, 4) is 5.75 Å². The summed E-state index contributed by atoms with van der Waals surface area (Å²) >= 11 is 3.41. The van der Waals surface area contributed by atoms with Crippen LogP contribution in [0.25, 0.3) is 0 Å². The first kappa shape index (κ1) is 14.5. The summed E-state index contributed by atoms with van der Waals surface area (Å²) in [6.45, 7) is 1.51. The van der Waals surface area contributed by atoms with Crippen LogP contribution in [0.2, 0.25) is 0 Å². The molecule has 3 nitrogen and oxygen atoms in total. The van der Waals surface area contributed by atoms with Crippen molar-refractivity contribution in [1.29, 1.82) is 0 Å². The number of Topliss-reactive ketones (excluding diaryl/α,β-unsaturated/α-hetero) is 1. The second kappa shape index (κ2) is 6.53. The van der Waals surface area contributed by atoms with E-state index in [9.17, 15) is 4.79 Å². The molecule has 0 bridgehead atoms. The molecule has 0 N–H and O–H groups in total. The summed E-state index contributed by atoms with van der Waals surface area (Å²) in [7, 11) is 3.64. The molecule has 0 radical (unpaired) electrons. The van der Waals surface area contributed by atoms with Gasteiger partial charge in [0.2, 0.25) is 0 Å². The fourth-order valence-corrected chi connectivity index (χ4v) is 2.90. The Hall–Kier alpha value is -0.870. The quantitative estimate of drug-likeness (QED) is 0.751. The van der Waals surface area contributed by atoms with E-state index in [1.54, 1.807) is 7.11 Å². The van der Waals surface area contributed by atoms with Crippen molar-refractivity contribution < 1.29 is 9.53 Å². The number of carbonyl (C=O) groups excluding carboxylic acids is 1. The third kappa shape index (κ3) is 3.80. The van der Waals surface area contributed by atoms with Crippen molar-refractivity contribution in [2.45, 2.75) is 19.3 Å². The highest BCUT2D eigenvalue weighted by molar-refractivity contribution is 9.10. The van der Waals surface area contributed by atoms with Gasteiger partial charge in [0, 0.05) is 12.1 Å². The lowest BCUT2D eigenvalue weighted by Crippen LogP contribution is -2.33. The molecule has 0 spiro atoms. The average Bonchev–Trinajstić information content (AvgIpc) is 2.33. The highest BCUT2D eigenvalue weighted by atomic mass is 79.9. The third-order valence-corrected chi connectivity index (χ3v) is 4.30. The molecule has 1 aromatic rings. The van der Waals surface area contributed by atoms with Gasteiger partial charge in [0.05, 0.1) is 18.1 Å². The molecule has 1 aliphatic rings. The number of methoxy groups -OCH3 is 1. The van der Waals surface area contributed by atoms with Crippen LogP contribution in [0.15, 0.2) is 22.7 Å². The summed E-state index contributed by atoms with van der Waals surface area (Å²) in [6, 6.07) is 5.48. The minimum absolute atomic E-state index is 0.158. The number of ketones is 1. The van der Waals surface area contributed by atoms with E-state index in [4.69, 9.17) is 4.74 Å². The first-order valence-corrected chi connectivity index (χ1v) is 7.44. The van der Waals surface area contributed by atoms with Crippen molar-refractivity contribution in [3.63, 3.8) is 0 Å². The molecule has 4 heteroatoms. The number of hydrogen-bond acceptors (Lipinski definition) is 3. The van der Waals surface area contributed by atoms with E-state index in [1.807, 2.05) is 25.2 Å². The van der Waals surface area contributed by atoms with E-state index < -0.39 is 0 Å². The van der Waals surface area contributed by atoms with E-state index in [0.717, 1.165) is 28.2 Å². The molecule has 0 aliphatic heterocycles. The molecule has 104 valence electrons. The molecule has 0 heterocycles. The number of benzene rings is 1. The van der Waals surface area contributed by atoms with Gasteiger partial charge in [-0.1, -0.05) is 6.42 Å². The first-order chi connectivity index (χ1) is 9.10. The average molecular weight is 326 g/mol. The molecule has 2 rings (SSSR count). The van der Waals surface area contributed by atoms with Crippen molar-refractivity contribution in [3.05, 3.63) is 28.2 Å². The molecule has 1 aromatic carbocycles. The highest BCUT2D eigenvalue weighted by Gasteiger charge is 2.20. The lowest BCUT2D eigenvalue weighted by Gasteiger charge is -2.29. The van der Waals surface area contributed by atoms with E-state index >= 15 is 0 Å². The molecule has 1 fully saturated rings. The van der Waals surface area contributed by atoms with Crippen LogP contribution in [0.1, 0.15) is 29.6 Å². The number of carbonyl (C=O) groups is 1. The summed E-state index contributed by atoms with van der Waals surface area (Å²) in [4.78, 5) is 14.3. The van der Waals surface area contributed by atoms with E-state index in [0.29, 0.717) is 6.54 Å². The SMILES string of the molecule is COc1ccc(C(=O)CN(C)CC2CCC2)cc1Br. The standard InChI is InChI=1S/C15H20BrNO2/c1-17(9-11-4-3-5-11)10-14(18)12-6-7-15(19-2)13(16)8-12/h6-8,11H,3-5,9-10H2,1-2H3. The zero-order valence-corrected chi connectivity index (χ0v) is 13.1. The lowest BCUT2D eigenvalue weighted by molar-refractivity contribution is 0.0925. The van der Waals surface area contributed by atoms with Gasteiger partial charge < -0.3 is 4.74 Å². The molecule has 0 unspecified atom stereocenters. The van der Waals surface area contributed by atoms with Gasteiger partial charge in [0.15, 0.2) is 5.78 Å². The zero-order valence-electron chi connectivity index (χ0n) is 11.5. The van der Waals surface area contributed by atoms with Crippen LogP contribution in [0.4, 0.5) is 0 Å². The summed E-state index contributed by atoms with van der Waals surface area (Å²) in [5, 5.41) is 0. The van der Waals surface area contributed by atoms with Crippen molar-refractivity contribution in [2.75, 3.05) is 27.2 Å². The van der Waals surface area contributed by atoms with Gasteiger partial charge in [-0.05, 0) is 59.9 Å². The van der Waals surface area contributed by atoms with Crippen LogP contribution >= 0.6 is 15.9 Å². The zero-order chi connectivity index (χ0) is 13.8. The minimum atomic E-state index is 0.158. The molecule has 1 saturated carbocycles. The number of halogens is 1. The Morgan fingerprint density at radius 3 is 2.74 bits per heavy atom. The molecule has 0 aromatic heterocycles. The summed E-state index contributed by atoms with van der Waals surface area (Å²) in [5.74, 6) is 1.70. The van der Waals surface area contributed by atoms with Crippen molar-refractivity contribution in [2.24, 2.45) is 5.92 Å². The van der Waals surface area contributed by atoms with Gasteiger partial charge >= 0.3 is 0 Å². The number of hydrogen-bond donors (Lipinski definition) is 0. The minimum Gasteiger partial charge on any atom is -0.496 e. The number of ether oxygens (including phenoxy) is 1. The Morgan fingerprint density at radius 2 is 2.21 bits per heavy atom. The van der Waals surface area contributed by atoms with E-state index in [2.05, 4.69) is 20.8 Å². The van der Waals surface area contributed by atoms with Gasteiger partial charge in [-0.2, -0.15) is 0 Å². The molecule has 0 atom stereocenters. The Morgan fingerprint density at radius 1 is 1.47 bits per heavy atom. The highest BCUT2D eigenvalue weighted by Crippen LogP contribution is 2.27. The van der Waals surface area contributed by atoms with Gasteiger partial charge in [-0.25, -0.2) is 0 Å². The third-order valence-electron chi connectivity index (χ3n) is 3.68.